The van der Waals surface area contributed by atoms with E-state index in [9.17, 15) is 4.79 Å². The fourth-order valence-corrected chi connectivity index (χ4v) is 3.43. The summed E-state index contributed by atoms with van der Waals surface area (Å²) < 4.78 is 17.9. The third-order valence-electron chi connectivity index (χ3n) is 4.79. The maximum absolute atomic E-state index is 11.7. The van der Waals surface area contributed by atoms with Crippen LogP contribution in [0.4, 0.5) is 5.69 Å². The predicted octanol–water partition coefficient (Wildman–Crippen LogP) is 2.66. The third-order valence-corrected chi connectivity index (χ3v) is 4.79. The molecule has 8 nitrogen and oxygen atoms in total. The largest absolute Gasteiger partial charge is 0.495 e. The first-order chi connectivity index (χ1) is 14.2. The maximum Gasteiger partial charge on any atom is 0.337 e. The van der Waals surface area contributed by atoms with Crippen LogP contribution in [0.5, 0.6) is 5.75 Å². The first kappa shape index (κ1) is 18.9. The number of anilines is 1. The second kappa shape index (κ2) is 8.32. The Balaban J connectivity index is 1.54. The number of para-hydroxylation sites is 2. The van der Waals surface area contributed by atoms with Gasteiger partial charge in [-0.3, -0.25) is 0 Å². The number of ether oxygens (including phenoxy) is 3. The minimum Gasteiger partial charge on any atom is -0.495 e. The first-order valence-electron chi connectivity index (χ1n) is 9.28. The van der Waals surface area contributed by atoms with E-state index in [-0.39, 0.29) is 12.2 Å². The number of carbonyl (C=O) groups excluding carboxylic acids is 1. The Hall–Kier alpha value is -3.39. The lowest BCUT2D eigenvalue weighted by Gasteiger charge is -2.25. The van der Waals surface area contributed by atoms with Gasteiger partial charge < -0.3 is 19.1 Å². The summed E-state index contributed by atoms with van der Waals surface area (Å²) in [4.78, 5) is 13.8. The minimum absolute atomic E-state index is 0.332. The van der Waals surface area contributed by atoms with E-state index < -0.39 is 0 Å². The Labute approximate surface area is 168 Å². The summed E-state index contributed by atoms with van der Waals surface area (Å²) in [5.41, 5.74) is 3.11. The number of nitrogens with zero attached hydrogens (tertiary/aromatic N) is 4. The molecule has 4 rings (SSSR count). The molecule has 0 amide bonds. The summed E-state index contributed by atoms with van der Waals surface area (Å²) in [7, 11) is 3.03. The summed E-state index contributed by atoms with van der Waals surface area (Å²) in [5.74, 6) is 0.424. The summed E-state index contributed by atoms with van der Waals surface area (Å²) in [5, 5.41) is 8.55. The minimum atomic E-state index is -0.363. The van der Waals surface area contributed by atoms with Crippen LogP contribution < -0.4 is 9.64 Å². The van der Waals surface area contributed by atoms with Gasteiger partial charge in [0, 0.05) is 6.54 Å². The van der Waals surface area contributed by atoms with E-state index in [0.717, 1.165) is 29.2 Å². The molecular formula is C21H22N4O4. The van der Waals surface area contributed by atoms with Gasteiger partial charge >= 0.3 is 5.97 Å². The van der Waals surface area contributed by atoms with E-state index in [2.05, 4.69) is 15.2 Å². The predicted molar refractivity (Wildman–Crippen MR) is 106 cm³/mol. The monoisotopic (exact) mass is 394 g/mol. The van der Waals surface area contributed by atoms with Crippen LogP contribution in [0.2, 0.25) is 0 Å². The number of hydrogen-bond donors (Lipinski definition) is 0. The van der Waals surface area contributed by atoms with Gasteiger partial charge in [-0.05, 0) is 29.8 Å². The molecule has 1 fully saturated rings. The van der Waals surface area contributed by atoms with Gasteiger partial charge in [-0.25, -0.2) is 9.48 Å². The normalized spacial score (nSPS) is 16.1. The molecule has 0 N–H and O–H groups in total. The lowest BCUT2D eigenvalue weighted by Crippen LogP contribution is -2.24. The maximum atomic E-state index is 11.7. The molecule has 29 heavy (non-hydrogen) atoms. The van der Waals surface area contributed by atoms with Crippen molar-refractivity contribution >= 4 is 11.7 Å². The molecule has 0 bridgehead atoms. The number of hydrogen-bond acceptors (Lipinski definition) is 7. The highest BCUT2D eigenvalue weighted by Crippen LogP contribution is 2.36. The van der Waals surface area contributed by atoms with Crippen LogP contribution in [-0.4, -0.2) is 48.3 Å². The molecule has 3 aromatic rings. The molecule has 0 saturated carbocycles. The highest BCUT2D eigenvalue weighted by Gasteiger charge is 2.31. The Morgan fingerprint density at radius 1 is 1.21 bits per heavy atom. The van der Waals surface area contributed by atoms with E-state index in [1.807, 2.05) is 42.6 Å². The van der Waals surface area contributed by atoms with Crippen LogP contribution in [0.1, 0.15) is 27.8 Å². The van der Waals surface area contributed by atoms with E-state index in [0.29, 0.717) is 18.7 Å². The van der Waals surface area contributed by atoms with Gasteiger partial charge in [-0.15, -0.1) is 5.10 Å². The van der Waals surface area contributed by atoms with Gasteiger partial charge in [0.2, 0.25) is 0 Å². The van der Waals surface area contributed by atoms with Crippen LogP contribution in [0.25, 0.3) is 0 Å². The smallest absolute Gasteiger partial charge is 0.337 e. The topological polar surface area (TPSA) is 78.7 Å². The lowest BCUT2D eigenvalue weighted by molar-refractivity contribution is 0.0600. The number of carbonyl (C=O) groups is 1. The highest BCUT2D eigenvalue weighted by molar-refractivity contribution is 5.89. The van der Waals surface area contributed by atoms with Crippen molar-refractivity contribution in [2.75, 3.05) is 32.3 Å². The number of benzene rings is 2. The molecule has 0 aliphatic carbocycles. The molecule has 2 aromatic carbocycles. The van der Waals surface area contributed by atoms with Crippen molar-refractivity contribution in [3.63, 3.8) is 0 Å². The van der Waals surface area contributed by atoms with Gasteiger partial charge in [0.25, 0.3) is 0 Å². The summed E-state index contributed by atoms with van der Waals surface area (Å²) in [6, 6.07) is 15.1. The number of esters is 1. The van der Waals surface area contributed by atoms with Gasteiger partial charge in [0.15, 0.2) is 6.23 Å². The average Bonchev–Trinajstić information content (AvgIpc) is 3.42. The van der Waals surface area contributed by atoms with Crippen molar-refractivity contribution < 1.29 is 19.0 Å². The molecule has 1 aliphatic heterocycles. The van der Waals surface area contributed by atoms with E-state index in [1.54, 1.807) is 23.9 Å². The Bertz CT molecular complexity index is 1000. The van der Waals surface area contributed by atoms with Crippen molar-refractivity contribution in [3.8, 4) is 5.75 Å². The second-order valence-electron chi connectivity index (χ2n) is 6.62. The van der Waals surface area contributed by atoms with Crippen LogP contribution in [0, 0.1) is 0 Å². The molecule has 150 valence electrons. The van der Waals surface area contributed by atoms with Gasteiger partial charge in [0.1, 0.15) is 11.4 Å². The summed E-state index contributed by atoms with van der Waals surface area (Å²) in [6.45, 7) is 1.81. The standard InChI is InChI=1S/C21H22N4O4/c1-27-19-9-4-3-8-18(19)25-10-11-29-20(25)17-14-24(23-22-17)13-15-6-5-7-16(12-15)21(26)28-2/h3-9,12,14,20H,10-11,13H2,1-2H3. The van der Waals surface area contributed by atoms with Crippen molar-refractivity contribution in [2.45, 2.75) is 12.8 Å². The van der Waals surface area contributed by atoms with E-state index >= 15 is 0 Å². The number of rotatable bonds is 6. The number of aromatic nitrogens is 3. The molecule has 1 unspecified atom stereocenters. The van der Waals surface area contributed by atoms with Crippen LogP contribution in [0.15, 0.2) is 54.7 Å². The first-order valence-corrected chi connectivity index (χ1v) is 9.28. The molecule has 1 aromatic heterocycles. The van der Waals surface area contributed by atoms with Crippen molar-refractivity contribution in [3.05, 3.63) is 71.5 Å². The summed E-state index contributed by atoms with van der Waals surface area (Å²) >= 11 is 0. The zero-order chi connectivity index (χ0) is 20.2. The SMILES string of the molecule is COC(=O)c1cccc(Cn2cc(C3OCCN3c3ccccc3OC)nn2)c1. The van der Waals surface area contributed by atoms with Gasteiger partial charge in [0.05, 0.1) is 44.8 Å². The third kappa shape index (κ3) is 3.93. The Morgan fingerprint density at radius 3 is 2.90 bits per heavy atom. The molecule has 1 saturated heterocycles. The zero-order valence-electron chi connectivity index (χ0n) is 16.3. The Morgan fingerprint density at radius 2 is 2.07 bits per heavy atom. The van der Waals surface area contributed by atoms with Crippen LogP contribution in [0.3, 0.4) is 0 Å². The second-order valence-corrected chi connectivity index (χ2v) is 6.62. The van der Waals surface area contributed by atoms with Crippen LogP contribution >= 0.6 is 0 Å². The summed E-state index contributed by atoms with van der Waals surface area (Å²) in [6.07, 6.45) is 1.53. The molecule has 0 radical (unpaired) electrons. The number of methoxy groups -OCH3 is 2. The van der Waals surface area contributed by atoms with E-state index in [4.69, 9.17) is 14.2 Å². The quantitative estimate of drug-likeness (QED) is 0.595. The molecule has 1 atom stereocenters. The molecular weight excluding hydrogens is 372 g/mol. The Kier molecular flexibility index (Phi) is 5.44. The molecule has 8 heteroatoms. The fourth-order valence-electron chi connectivity index (χ4n) is 3.43. The van der Waals surface area contributed by atoms with Gasteiger partial charge in [-0.2, -0.15) is 0 Å². The molecule has 1 aliphatic rings. The van der Waals surface area contributed by atoms with Crippen LogP contribution in [-0.2, 0) is 16.0 Å². The average molecular weight is 394 g/mol. The zero-order valence-corrected chi connectivity index (χ0v) is 16.3. The molecule has 0 spiro atoms. The van der Waals surface area contributed by atoms with E-state index in [1.165, 1.54) is 7.11 Å². The van der Waals surface area contributed by atoms with Crippen molar-refractivity contribution in [2.24, 2.45) is 0 Å². The lowest BCUT2D eigenvalue weighted by atomic mass is 10.1. The fraction of sp³-hybridized carbons (Fsp3) is 0.286. The molecule has 2 heterocycles. The highest BCUT2D eigenvalue weighted by atomic mass is 16.5. The van der Waals surface area contributed by atoms with Crippen molar-refractivity contribution in [1.29, 1.82) is 0 Å². The van der Waals surface area contributed by atoms with Gasteiger partial charge in [-0.1, -0.05) is 29.5 Å². The van der Waals surface area contributed by atoms with Crippen molar-refractivity contribution in [1.82, 2.24) is 15.0 Å².